The first-order valence-electron chi connectivity index (χ1n) is 9.75. The molecule has 2 amide bonds. The molecule has 0 aliphatic carbocycles. The van der Waals surface area contributed by atoms with Crippen LogP contribution in [0.15, 0.2) is 47.6 Å². The van der Waals surface area contributed by atoms with Crippen molar-refractivity contribution >= 4 is 41.2 Å². The Hall–Kier alpha value is -2.61. The smallest absolute Gasteiger partial charge is 0.329 e. The Morgan fingerprint density at radius 1 is 1.10 bits per heavy atom. The summed E-state index contributed by atoms with van der Waals surface area (Å²) in [5, 5.41) is 7.34. The van der Waals surface area contributed by atoms with Crippen molar-refractivity contribution in [1.29, 1.82) is 0 Å². The fourth-order valence-corrected chi connectivity index (χ4v) is 2.72. The second-order valence-corrected chi connectivity index (χ2v) is 7.68. The largest absolute Gasteiger partial charge is 0.487 e. The summed E-state index contributed by atoms with van der Waals surface area (Å²) >= 11 is 12.1. The second kappa shape index (κ2) is 12.9. The van der Waals surface area contributed by atoms with E-state index in [0.29, 0.717) is 47.5 Å². The van der Waals surface area contributed by atoms with Crippen LogP contribution in [-0.2, 0) is 20.9 Å². The Balaban J connectivity index is 1.76. The van der Waals surface area contributed by atoms with E-state index < -0.39 is 11.8 Å². The van der Waals surface area contributed by atoms with Gasteiger partial charge in [-0.25, -0.2) is 5.43 Å². The van der Waals surface area contributed by atoms with Gasteiger partial charge in [-0.15, -0.1) is 0 Å². The van der Waals surface area contributed by atoms with Crippen LogP contribution in [-0.4, -0.2) is 37.3 Å². The molecule has 0 aliphatic heterocycles. The molecule has 0 saturated heterocycles. The van der Waals surface area contributed by atoms with Crippen molar-refractivity contribution in [3.05, 3.63) is 63.6 Å². The van der Waals surface area contributed by atoms with Gasteiger partial charge >= 0.3 is 11.8 Å². The van der Waals surface area contributed by atoms with Crippen molar-refractivity contribution in [2.24, 2.45) is 5.10 Å². The number of hydrogen-bond acceptors (Lipinski definition) is 5. The third kappa shape index (κ3) is 9.38. The molecule has 2 aromatic rings. The number of nitrogens with zero attached hydrogens (tertiary/aromatic N) is 1. The molecule has 0 bridgehead atoms. The van der Waals surface area contributed by atoms with Gasteiger partial charge in [0.25, 0.3) is 0 Å². The third-order valence-corrected chi connectivity index (χ3v) is 4.45. The Labute approximate surface area is 191 Å². The zero-order chi connectivity index (χ0) is 22.6. The molecule has 0 aromatic heterocycles. The van der Waals surface area contributed by atoms with Crippen molar-refractivity contribution < 1.29 is 19.1 Å². The number of carbonyl (C=O) groups excluding carboxylic acids is 2. The first kappa shape index (κ1) is 24.7. The molecule has 0 atom stereocenters. The fourth-order valence-electron chi connectivity index (χ4n) is 2.35. The highest BCUT2D eigenvalue weighted by Crippen LogP contribution is 2.26. The van der Waals surface area contributed by atoms with E-state index in [-0.39, 0.29) is 6.10 Å². The SMILES string of the molecule is CC(C)OCCCNC(=O)C(=O)N/N=C\c1ccc(OCc2ccc(Cl)cc2)c(Cl)c1. The van der Waals surface area contributed by atoms with Gasteiger partial charge in [0.1, 0.15) is 12.4 Å². The van der Waals surface area contributed by atoms with Gasteiger partial charge in [-0.05, 0) is 61.7 Å². The first-order chi connectivity index (χ1) is 14.8. The maximum Gasteiger partial charge on any atom is 0.329 e. The minimum Gasteiger partial charge on any atom is -0.487 e. The summed E-state index contributed by atoms with van der Waals surface area (Å²) < 4.78 is 11.1. The van der Waals surface area contributed by atoms with Gasteiger partial charge in [-0.1, -0.05) is 35.3 Å². The molecule has 0 unspecified atom stereocenters. The van der Waals surface area contributed by atoms with Crippen LogP contribution in [0.4, 0.5) is 0 Å². The first-order valence-corrected chi connectivity index (χ1v) is 10.5. The molecule has 2 aromatic carbocycles. The summed E-state index contributed by atoms with van der Waals surface area (Å²) in [6.45, 7) is 5.06. The van der Waals surface area contributed by atoms with Gasteiger partial charge in [0.2, 0.25) is 0 Å². The van der Waals surface area contributed by atoms with Gasteiger partial charge in [-0.3, -0.25) is 9.59 Å². The van der Waals surface area contributed by atoms with Gasteiger partial charge in [-0.2, -0.15) is 5.10 Å². The zero-order valence-corrected chi connectivity index (χ0v) is 18.9. The molecule has 7 nitrogen and oxygen atoms in total. The van der Waals surface area contributed by atoms with E-state index in [2.05, 4.69) is 15.8 Å². The average molecular weight is 466 g/mol. The average Bonchev–Trinajstić information content (AvgIpc) is 2.73. The van der Waals surface area contributed by atoms with Gasteiger partial charge in [0.05, 0.1) is 17.3 Å². The van der Waals surface area contributed by atoms with Crippen LogP contribution in [0.1, 0.15) is 31.4 Å². The monoisotopic (exact) mass is 465 g/mol. The third-order valence-electron chi connectivity index (χ3n) is 3.91. The molecule has 0 heterocycles. The molecule has 0 spiro atoms. The summed E-state index contributed by atoms with van der Waals surface area (Å²) in [6.07, 6.45) is 2.13. The molecule has 166 valence electrons. The van der Waals surface area contributed by atoms with Crippen molar-refractivity contribution in [2.75, 3.05) is 13.2 Å². The van der Waals surface area contributed by atoms with E-state index in [1.165, 1.54) is 6.21 Å². The van der Waals surface area contributed by atoms with Gasteiger partial charge < -0.3 is 14.8 Å². The van der Waals surface area contributed by atoms with Crippen molar-refractivity contribution in [2.45, 2.75) is 33.0 Å². The number of ether oxygens (including phenoxy) is 2. The molecule has 0 fully saturated rings. The number of halogens is 2. The van der Waals surface area contributed by atoms with Crippen LogP contribution in [0, 0.1) is 0 Å². The summed E-state index contributed by atoms with van der Waals surface area (Å²) in [5.41, 5.74) is 3.77. The molecular weight excluding hydrogens is 441 g/mol. The molecular formula is C22H25Cl2N3O4. The quantitative estimate of drug-likeness (QED) is 0.240. The van der Waals surface area contributed by atoms with Gasteiger partial charge in [0.15, 0.2) is 0 Å². The van der Waals surface area contributed by atoms with Crippen molar-refractivity contribution in [1.82, 2.24) is 10.7 Å². The Morgan fingerprint density at radius 3 is 2.52 bits per heavy atom. The number of hydrogen-bond donors (Lipinski definition) is 2. The number of rotatable bonds is 10. The summed E-state index contributed by atoms with van der Waals surface area (Å²) in [6, 6.07) is 12.4. The maximum absolute atomic E-state index is 11.7. The molecule has 0 radical (unpaired) electrons. The lowest BCUT2D eigenvalue weighted by molar-refractivity contribution is -0.139. The predicted octanol–water partition coefficient (Wildman–Crippen LogP) is 3.95. The van der Waals surface area contributed by atoms with Crippen LogP contribution in [0.3, 0.4) is 0 Å². The van der Waals surface area contributed by atoms with E-state index in [1.54, 1.807) is 30.3 Å². The molecule has 2 N–H and O–H groups in total. The highest BCUT2D eigenvalue weighted by atomic mass is 35.5. The number of benzene rings is 2. The highest BCUT2D eigenvalue weighted by molar-refractivity contribution is 6.35. The lowest BCUT2D eigenvalue weighted by Gasteiger charge is -2.09. The number of amides is 2. The second-order valence-electron chi connectivity index (χ2n) is 6.83. The normalized spacial score (nSPS) is 11.0. The van der Waals surface area contributed by atoms with E-state index >= 15 is 0 Å². The lowest BCUT2D eigenvalue weighted by atomic mass is 10.2. The summed E-state index contributed by atoms with van der Waals surface area (Å²) in [5.74, 6) is -1.10. The molecule has 0 aliphatic rings. The lowest BCUT2D eigenvalue weighted by Crippen LogP contribution is -2.38. The number of hydrazone groups is 1. The molecule has 31 heavy (non-hydrogen) atoms. The Morgan fingerprint density at radius 2 is 1.84 bits per heavy atom. The van der Waals surface area contributed by atoms with E-state index in [1.807, 2.05) is 26.0 Å². The maximum atomic E-state index is 11.7. The number of nitrogens with one attached hydrogen (secondary N) is 2. The standard InChI is InChI=1S/C22H25Cl2N3O4/c1-15(2)30-11-3-10-25-21(28)22(29)27-26-13-17-6-9-20(19(24)12-17)31-14-16-4-7-18(23)8-5-16/h4-9,12-13,15H,3,10-11,14H2,1-2H3,(H,25,28)(H,27,29)/b26-13-. The van der Waals surface area contributed by atoms with Crippen LogP contribution in [0.5, 0.6) is 5.75 Å². The van der Waals surface area contributed by atoms with Crippen LogP contribution >= 0.6 is 23.2 Å². The minimum absolute atomic E-state index is 0.131. The Kier molecular flexibility index (Phi) is 10.3. The van der Waals surface area contributed by atoms with Crippen LogP contribution < -0.4 is 15.5 Å². The topological polar surface area (TPSA) is 89.0 Å². The minimum atomic E-state index is -0.852. The molecule has 0 saturated carbocycles. The van der Waals surface area contributed by atoms with Crippen molar-refractivity contribution in [3.63, 3.8) is 0 Å². The summed E-state index contributed by atoms with van der Waals surface area (Å²) in [4.78, 5) is 23.5. The van der Waals surface area contributed by atoms with Crippen molar-refractivity contribution in [3.8, 4) is 5.75 Å². The van der Waals surface area contributed by atoms with E-state index in [9.17, 15) is 9.59 Å². The summed E-state index contributed by atoms with van der Waals surface area (Å²) in [7, 11) is 0. The molecule has 9 heteroatoms. The molecule has 2 rings (SSSR count). The van der Waals surface area contributed by atoms with Crippen LogP contribution in [0.2, 0.25) is 10.0 Å². The predicted molar refractivity (Wildman–Crippen MR) is 122 cm³/mol. The van der Waals surface area contributed by atoms with Crippen LogP contribution in [0.25, 0.3) is 0 Å². The van der Waals surface area contributed by atoms with E-state index in [4.69, 9.17) is 32.7 Å². The van der Waals surface area contributed by atoms with Gasteiger partial charge in [0, 0.05) is 18.2 Å². The fraction of sp³-hybridized carbons (Fsp3) is 0.318. The van der Waals surface area contributed by atoms with E-state index in [0.717, 1.165) is 5.56 Å². The zero-order valence-electron chi connectivity index (χ0n) is 17.4. The Bertz CT molecular complexity index is 902. The highest BCUT2D eigenvalue weighted by Gasteiger charge is 2.11. The number of carbonyl (C=O) groups is 2.